The third-order valence-electron chi connectivity index (χ3n) is 5.38. The quantitative estimate of drug-likeness (QED) is 0.0787. The van der Waals surface area contributed by atoms with E-state index in [1.165, 1.54) is 89.5 Å². The Balaban J connectivity index is 1.94. The van der Waals surface area contributed by atoms with Gasteiger partial charge in [-0.25, -0.2) is 4.79 Å². The van der Waals surface area contributed by atoms with Gasteiger partial charge in [0.1, 0.15) is 12.4 Å². The van der Waals surface area contributed by atoms with Crippen molar-refractivity contribution in [2.45, 2.75) is 96.8 Å². The fourth-order valence-electron chi connectivity index (χ4n) is 3.51. The number of carbonyl (C=O) groups is 1. The summed E-state index contributed by atoms with van der Waals surface area (Å²) < 4.78 is 10.8. The molecule has 0 spiro atoms. The van der Waals surface area contributed by atoms with Crippen LogP contribution in [0.4, 0.5) is 0 Å². The molecular weight excluding hydrogens is 452 g/mol. The van der Waals surface area contributed by atoms with Gasteiger partial charge in [0.25, 0.3) is 0 Å². The molecule has 0 aromatic heterocycles. The molecule has 31 heavy (non-hydrogen) atoms. The first-order valence-electron chi connectivity index (χ1n) is 12.4. The number of esters is 1. The summed E-state index contributed by atoms with van der Waals surface area (Å²) in [4.78, 5) is 11.5. The Hall–Kier alpha value is -1.29. The summed E-state index contributed by atoms with van der Waals surface area (Å²) in [5, 5.41) is 0.651. The molecule has 0 aliphatic heterocycles. The minimum atomic E-state index is -0.322. The molecule has 0 aliphatic rings. The molecule has 1 aromatic carbocycles. The molecule has 0 unspecified atom stereocenters. The SMILES string of the molecule is CCCCCCCCCCCCCCCCOc1ccc(/C=C/C(=O)OCCBr)cc1. The van der Waals surface area contributed by atoms with Crippen LogP contribution in [0.1, 0.15) is 102 Å². The van der Waals surface area contributed by atoms with E-state index in [1.807, 2.05) is 24.3 Å². The van der Waals surface area contributed by atoms with Crippen molar-refractivity contribution < 1.29 is 14.3 Å². The van der Waals surface area contributed by atoms with E-state index in [-0.39, 0.29) is 5.97 Å². The van der Waals surface area contributed by atoms with Crippen molar-refractivity contribution in [2.75, 3.05) is 18.5 Å². The zero-order chi connectivity index (χ0) is 22.4. The summed E-state index contributed by atoms with van der Waals surface area (Å²) in [6.45, 7) is 3.43. The molecule has 0 amide bonds. The lowest BCUT2D eigenvalue weighted by molar-refractivity contribution is -0.137. The minimum absolute atomic E-state index is 0.322. The molecular formula is C27H43BrO3. The lowest BCUT2D eigenvalue weighted by atomic mass is 10.0. The number of unbranched alkanes of at least 4 members (excludes halogenated alkanes) is 13. The number of alkyl halides is 1. The second-order valence-electron chi connectivity index (χ2n) is 8.20. The first-order chi connectivity index (χ1) is 15.3. The number of ether oxygens (including phenoxy) is 2. The number of carbonyl (C=O) groups excluding carboxylic acids is 1. The van der Waals surface area contributed by atoms with Crippen LogP contribution in [0, 0.1) is 0 Å². The molecule has 1 rings (SSSR count). The van der Waals surface area contributed by atoms with Crippen LogP contribution in [0.5, 0.6) is 5.75 Å². The summed E-state index contributed by atoms with van der Waals surface area (Å²) in [5.74, 6) is 0.561. The normalized spacial score (nSPS) is 11.2. The number of benzene rings is 1. The van der Waals surface area contributed by atoms with Gasteiger partial charge in [-0.3, -0.25) is 0 Å². The summed E-state index contributed by atoms with van der Waals surface area (Å²) in [6.07, 6.45) is 22.4. The molecule has 0 radical (unpaired) electrons. The Kier molecular flexibility index (Phi) is 18.4. The van der Waals surface area contributed by atoms with Crippen molar-refractivity contribution >= 4 is 28.0 Å². The monoisotopic (exact) mass is 494 g/mol. The van der Waals surface area contributed by atoms with Crippen molar-refractivity contribution in [2.24, 2.45) is 0 Å². The predicted octanol–water partition coefficient (Wildman–Crippen LogP) is 8.50. The Morgan fingerprint density at radius 1 is 0.774 bits per heavy atom. The van der Waals surface area contributed by atoms with Crippen molar-refractivity contribution in [3.8, 4) is 5.75 Å². The second kappa shape index (κ2) is 20.6. The van der Waals surface area contributed by atoms with E-state index < -0.39 is 0 Å². The highest BCUT2D eigenvalue weighted by molar-refractivity contribution is 9.09. The molecule has 1 aromatic rings. The fourth-order valence-corrected chi connectivity index (χ4v) is 3.68. The van der Waals surface area contributed by atoms with Gasteiger partial charge in [0.2, 0.25) is 0 Å². The maximum atomic E-state index is 11.5. The van der Waals surface area contributed by atoms with E-state index in [1.54, 1.807) is 6.08 Å². The van der Waals surface area contributed by atoms with Crippen LogP contribution in [0.25, 0.3) is 6.08 Å². The summed E-state index contributed by atoms with van der Waals surface area (Å²) in [6, 6.07) is 7.81. The van der Waals surface area contributed by atoms with Crippen LogP contribution in [-0.4, -0.2) is 24.5 Å². The molecule has 0 atom stereocenters. The molecule has 0 N–H and O–H groups in total. The average molecular weight is 496 g/mol. The molecule has 0 saturated heterocycles. The Bertz CT molecular complexity index is 568. The maximum Gasteiger partial charge on any atom is 0.330 e. The molecule has 0 saturated carbocycles. The van der Waals surface area contributed by atoms with Crippen LogP contribution in [0.3, 0.4) is 0 Å². The summed E-state index contributed by atoms with van der Waals surface area (Å²) >= 11 is 3.23. The van der Waals surface area contributed by atoms with E-state index in [9.17, 15) is 4.79 Å². The van der Waals surface area contributed by atoms with Gasteiger partial charge < -0.3 is 9.47 Å². The van der Waals surface area contributed by atoms with E-state index in [4.69, 9.17) is 9.47 Å². The molecule has 4 heteroatoms. The minimum Gasteiger partial charge on any atom is -0.494 e. The topological polar surface area (TPSA) is 35.5 Å². The molecule has 0 fully saturated rings. The number of rotatable bonds is 20. The highest BCUT2D eigenvalue weighted by Gasteiger charge is 1.98. The average Bonchev–Trinajstić information content (AvgIpc) is 2.79. The largest absolute Gasteiger partial charge is 0.494 e. The number of halogens is 1. The lowest BCUT2D eigenvalue weighted by Crippen LogP contribution is -2.02. The first kappa shape index (κ1) is 27.7. The number of hydrogen-bond donors (Lipinski definition) is 0. The smallest absolute Gasteiger partial charge is 0.330 e. The van der Waals surface area contributed by atoms with Crippen molar-refractivity contribution in [3.63, 3.8) is 0 Å². The van der Waals surface area contributed by atoms with Gasteiger partial charge in [0, 0.05) is 11.4 Å². The Morgan fingerprint density at radius 3 is 1.81 bits per heavy atom. The van der Waals surface area contributed by atoms with Crippen LogP contribution < -0.4 is 4.74 Å². The van der Waals surface area contributed by atoms with Crippen LogP contribution >= 0.6 is 15.9 Å². The molecule has 0 heterocycles. The summed E-state index contributed by atoms with van der Waals surface area (Å²) in [5.41, 5.74) is 0.958. The van der Waals surface area contributed by atoms with Gasteiger partial charge in [0.15, 0.2) is 0 Å². The second-order valence-corrected chi connectivity index (χ2v) is 9.00. The highest BCUT2D eigenvalue weighted by Crippen LogP contribution is 2.15. The third kappa shape index (κ3) is 17.0. The molecule has 3 nitrogen and oxygen atoms in total. The van der Waals surface area contributed by atoms with Crippen LogP contribution in [0.15, 0.2) is 30.3 Å². The zero-order valence-electron chi connectivity index (χ0n) is 19.6. The van der Waals surface area contributed by atoms with Gasteiger partial charge in [-0.2, -0.15) is 0 Å². The fraction of sp³-hybridized carbons (Fsp3) is 0.667. The number of hydrogen-bond acceptors (Lipinski definition) is 3. The van der Waals surface area contributed by atoms with Crippen molar-refractivity contribution in [1.82, 2.24) is 0 Å². The lowest BCUT2D eigenvalue weighted by Gasteiger charge is -2.07. The van der Waals surface area contributed by atoms with E-state index in [0.29, 0.717) is 11.9 Å². The van der Waals surface area contributed by atoms with Gasteiger partial charge in [-0.15, -0.1) is 0 Å². The van der Waals surface area contributed by atoms with E-state index >= 15 is 0 Å². The van der Waals surface area contributed by atoms with Gasteiger partial charge in [-0.05, 0) is 30.2 Å². The van der Waals surface area contributed by atoms with Gasteiger partial charge >= 0.3 is 5.97 Å². The van der Waals surface area contributed by atoms with Gasteiger partial charge in [0.05, 0.1) is 6.61 Å². The van der Waals surface area contributed by atoms with Crippen molar-refractivity contribution in [3.05, 3.63) is 35.9 Å². The summed E-state index contributed by atoms with van der Waals surface area (Å²) in [7, 11) is 0. The third-order valence-corrected chi connectivity index (χ3v) is 5.70. The molecule has 0 aliphatic carbocycles. The van der Waals surface area contributed by atoms with Gasteiger partial charge in [-0.1, -0.05) is 118 Å². The Labute approximate surface area is 199 Å². The zero-order valence-corrected chi connectivity index (χ0v) is 21.2. The molecule has 176 valence electrons. The van der Waals surface area contributed by atoms with Crippen LogP contribution in [-0.2, 0) is 9.53 Å². The standard InChI is InChI=1S/C27H43BrO3/c1-2-3-4-5-6-7-8-9-10-11-12-13-14-15-23-30-26-19-16-25(17-20-26)18-21-27(29)31-24-22-28/h16-21H,2-15,22-24H2,1H3/b21-18+. The maximum absolute atomic E-state index is 11.5. The molecule has 0 bridgehead atoms. The Morgan fingerprint density at radius 2 is 1.29 bits per heavy atom. The van der Waals surface area contributed by atoms with Crippen LogP contribution in [0.2, 0.25) is 0 Å². The highest BCUT2D eigenvalue weighted by atomic mass is 79.9. The van der Waals surface area contributed by atoms with E-state index in [0.717, 1.165) is 24.3 Å². The predicted molar refractivity (Wildman–Crippen MR) is 136 cm³/mol. The van der Waals surface area contributed by atoms with Crippen molar-refractivity contribution in [1.29, 1.82) is 0 Å². The van der Waals surface area contributed by atoms with E-state index in [2.05, 4.69) is 22.9 Å². The first-order valence-corrected chi connectivity index (χ1v) is 13.5.